The van der Waals surface area contributed by atoms with Crippen LogP contribution in [-0.4, -0.2) is 23.5 Å². The van der Waals surface area contributed by atoms with Crippen LogP contribution >= 0.6 is 12.8 Å². The molecule has 0 aromatic carbocycles. The minimum Gasteiger partial charge on any atom is -0.392 e. The van der Waals surface area contributed by atoms with Crippen molar-refractivity contribution >= 4 is 18.5 Å². The van der Waals surface area contributed by atoms with Gasteiger partial charge in [0.1, 0.15) is 0 Å². The van der Waals surface area contributed by atoms with Crippen LogP contribution in [0.1, 0.15) is 0 Å². The van der Waals surface area contributed by atoms with Gasteiger partial charge in [0.15, 0.2) is 0 Å². The van der Waals surface area contributed by atoms with E-state index < -0.39 is 0 Å². The van der Waals surface area contributed by atoms with Gasteiger partial charge < -0.3 is 10.5 Å². The molecule has 1 aliphatic carbocycles. The Morgan fingerprint density at radius 3 is 2.91 bits per heavy atom. The lowest BCUT2D eigenvalue weighted by molar-refractivity contribution is 0.326. The first-order chi connectivity index (χ1) is 5.29. The summed E-state index contributed by atoms with van der Waals surface area (Å²) in [6.07, 6.45) is 5.20. The average molecular weight is 170 g/mol. The maximum Gasteiger partial charge on any atom is 0.0818 e. The first kappa shape index (κ1) is 8.52. The zero-order valence-electron chi connectivity index (χ0n) is 5.91. The first-order valence-electron chi connectivity index (χ1n) is 3.25. The van der Waals surface area contributed by atoms with Crippen molar-refractivity contribution in [2.24, 2.45) is 0 Å². The van der Waals surface area contributed by atoms with Crippen LogP contribution in [0.5, 0.6) is 0 Å². The summed E-state index contributed by atoms with van der Waals surface area (Å²) in [5, 5.41) is 16.3. The number of rotatable bonds is 2. The Morgan fingerprint density at radius 2 is 2.45 bits per heavy atom. The minimum absolute atomic E-state index is 0.0368. The molecule has 0 saturated carbocycles. The molecule has 0 heterocycles. The zero-order chi connectivity index (χ0) is 8.27. The molecule has 0 amide bonds. The van der Waals surface area contributed by atoms with E-state index in [1.54, 1.807) is 18.2 Å². The fourth-order valence-corrected chi connectivity index (χ4v) is 1.27. The molecule has 3 N–H and O–H groups in total. The summed E-state index contributed by atoms with van der Waals surface area (Å²) >= 11 is 3.86. The normalized spacial score (nSPS) is 23.6. The van der Waals surface area contributed by atoms with Gasteiger partial charge in [-0.2, -0.15) is 0 Å². The summed E-state index contributed by atoms with van der Waals surface area (Å²) in [6, 6.07) is -0.242. The van der Waals surface area contributed by atoms with Crippen LogP contribution in [0.2, 0.25) is 0 Å². The molecule has 60 valence electrons. The van der Waals surface area contributed by atoms with E-state index >= 15 is 0 Å². The van der Waals surface area contributed by atoms with E-state index in [0.717, 1.165) is 5.57 Å². The van der Waals surface area contributed by atoms with Gasteiger partial charge in [0, 0.05) is 0 Å². The van der Waals surface area contributed by atoms with Crippen molar-refractivity contribution in [3.63, 3.8) is 0 Å². The molecule has 0 aromatic rings. The Labute approximate surface area is 70.9 Å². The molecule has 1 aliphatic rings. The van der Waals surface area contributed by atoms with Gasteiger partial charge in [-0.15, -0.1) is 0 Å². The fraction of sp³-hybridized carbons (Fsp3) is 0.286. The molecule has 1 rings (SSSR count). The van der Waals surface area contributed by atoms with Gasteiger partial charge in [-0.05, 0) is 11.6 Å². The minimum atomic E-state index is -0.242. The number of hydrogen-bond acceptors (Lipinski definition) is 4. The van der Waals surface area contributed by atoms with E-state index in [1.165, 1.54) is 0 Å². The number of thiol groups is 1. The van der Waals surface area contributed by atoms with Gasteiger partial charge in [-0.3, -0.25) is 4.72 Å². The molecule has 11 heavy (non-hydrogen) atoms. The van der Waals surface area contributed by atoms with Gasteiger partial charge in [-0.25, -0.2) is 0 Å². The highest BCUT2D eigenvalue weighted by atomic mass is 32.1. The lowest BCUT2D eigenvalue weighted by Gasteiger charge is -2.19. The van der Waals surface area contributed by atoms with Crippen molar-refractivity contribution < 1.29 is 5.11 Å². The third-order valence-corrected chi connectivity index (χ3v) is 1.84. The van der Waals surface area contributed by atoms with E-state index in [-0.39, 0.29) is 12.6 Å². The van der Waals surface area contributed by atoms with Crippen LogP contribution in [0.3, 0.4) is 0 Å². The van der Waals surface area contributed by atoms with Crippen LogP contribution < -0.4 is 4.72 Å². The zero-order valence-corrected chi connectivity index (χ0v) is 6.81. The monoisotopic (exact) mass is 170 g/mol. The Bertz CT molecular complexity index is 222. The molecule has 0 aliphatic heterocycles. The largest absolute Gasteiger partial charge is 0.392 e. The van der Waals surface area contributed by atoms with Gasteiger partial charge in [0.05, 0.1) is 18.4 Å². The second-order valence-electron chi connectivity index (χ2n) is 2.28. The average Bonchev–Trinajstić information content (AvgIpc) is 2.04. The van der Waals surface area contributed by atoms with Gasteiger partial charge in [-0.1, -0.05) is 25.0 Å². The second-order valence-corrected chi connectivity index (χ2v) is 2.53. The quantitative estimate of drug-likeness (QED) is 0.450. The van der Waals surface area contributed by atoms with Crippen molar-refractivity contribution in [3.8, 4) is 0 Å². The molecule has 0 radical (unpaired) electrons. The van der Waals surface area contributed by atoms with Crippen molar-refractivity contribution in [2.45, 2.75) is 6.04 Å². The summed E-state index contributed by atoms with van der Waals surface area (Å²) in [6.45, 7) is -0.0368. The van der Waals surface area contributed by atoms with E-state index in [9.17, 15) is 0 Å². The molecule has 0 aromatic heterocycles. The van der Waals surface area contributed by atoms with Crippen LogP contribution in [-0.2, 0) is 0 Å². The highest BCUT2D eigenvalue weighted by Gasteiger charge is 2.16. The molecule has 3 nitrogen and oxygen atoms in total. The van der Waals surface area contributed by atoms with E-state index in [4.69, 9.17) is 10.5 Å². The van der Waals surface area contributed by atoms with Crippen LogP contribution in [0.4, 0.5) is 0 Å². The van der Waals surface area contributed by atoms with Crippen molar-refractivity contribution in [1.29, 1.82) is 5.41 Å². The second kappa shape index (κ2) is 3.71. The highest BCUT2D eigenvalue weighted by Crippen LogP contribution is 2.09. The van der Waals surface area contributed by atoms with Crippen molar-refractivity contribution in [2.75, 3.05) is 6.61 Å². The third-order valence-electron chi connectivity index (χ3n) is 1.58. The molecular formula is C7H10N2OS. The Hall–Kier alpha value is -0.580. The summed E-state index contributed by atoms with van der Waals surface area (Å²) in [5.41, 5.74) is 1.19. The Kier molecular flexibility index (Phi) is 2.87. The number of aliphatic hydroxyl groups excluding tert-OH is 1. The molecular weight excluding hydrogens is 160 g/mol. The first-order valence-corrected chi connectivity index (χ1v) is 3.70. The fourth-order valence-electron chi connectivity index (χ4n) is 0.964. The van der Waals surface area contributed by atoms with E-state index in [0.29, 0.717) is 5.71 Å². The number of nitrogens with one attached hydrogen (secondary N) is 2. The van der Waals surface area contributed by atoms with Gasteiger partial charge >= 0.3 is 0 Å². The molecule has 1 atom stereocenters. The van der Waals surface area contributed by atoms with Crippen LogP contribution in [0.25, 0.3) is 0 Å². The molecule has 1 unspecified atom stereocenters. The van der Waals surface area contributed by atoms with Gasteiger partial charge in [0.2, 0.25) is 0 Å². The predicted octanol–water partition coefficient (Wildman–Crippen LogP) is 0.298. The molecule has 0 saturated heterocycles. The number of aliphatic hydroxyl groups is 1. The Morgan fingerprint density at radius 1 is 1.73 bits per heavy atom. The number of allylic oxidation sites excluding steroid dienone is 2. The molecule has 4 heteroatoms. The lowest BCUT2D eigenvalue weighted by Crippen LogP contribution is -2.34. The third kappa shape index (κ3) is 1.71. The Balaban J connectivity index is 2.81. The smallest absolute Gasteiger partial charge is 0.0818 e. The van der Waals surface area contributed by atoms with E-state index in [1.807, 2.05) is 0 Å². The lowest BCUT2D eigenvalue weighted by atomic mass is 9.99. The molecule has 0 spiro atoms. The van der Waals surface area contributed by atoms with Crippen LogP contribution in [0, 0.1) is 5.41 Å². The van der Waals surface area contributed by atoms with Crippen LogP contribution in [0.15, 0.2) is 23.8 Å². The van der Waals surface area contributed by atoms with Gasteiger partial charge in [0.25, 0.3) is 0 Å². The predicted molar refractivity (Wildman–Crippen MR) is 47.9 cm³/mol. The maximum atomic E-state index is 8.84. The summed E-state index contributed by atoms with van der Waals surface area (Å²) < 4.78 is 2.65. The molecule has 0 fully saturated rings. The summed E-state index contributed by atoms with van der Waals surface area (Å²) in [7, 11) is 0. The van der Waals surface area contributed by atoms with Crippen molar-refractivity contribution in [3.05, 3.63) is 23.8 Å². The summed E-state index contributed by atoms with van der Waals surface area (Å²) in [5.74, 6) is 0. The van der Waals surface area contributed by atoms with E-state index in [2.05, 4.69) is 17.5 Å². The molecule has 0 bridgehead atoms. The standard InChI is InChI=1S/C7H10N2OS/c8-6-3-1-2-5(4-10)7(6)9-11/h1-3,7-11H,4H2. The summed E-state index contributed by atoms with van der Waals surface area (Å²) in [4.78, 5) is 0. The maximum absolute atomic E-state index is 8.84. The highest BCUT2D eigenvalue weighted by molar-refractivity contribution is 7.78. The SMILES string of the molecule is N=C1C=CC=C(CO)C1NS. The topological polar surface area (TPSA) is 56.1 Å². The number of hydrogen-bond donors (Lipinski definition) is 4. The van der Waals surface area contributed by atoms with Crippen molar-refractivity contribution in [1.82, 2.24) is 4.72 Å².